The molecule has 7 rings (SSSR count). The van der Waals surface area contributed by atoms with Gasteiger partial charge in [0.25, 0.3) is 0 Å². The van der Waals surface area contributed by atoms with Gasteiger partial charge in [-0.3, -0.25) is 9.69 Å². The number of ether oxygens (including phenoxy) is 1. The van der Waals surface area contributed by atoms with Crippen LogP contribution >= 0.6 is 0 Å². The van der Waals surface area contributed by atoms with E-state index in [9.17, 15) is 9.59 Å². The van der Waals surface area contributed by atoms with Crippen molar-refractivity contribution in [2.45, 2.75) is 71.1 Å². The third-order valence-corrected chi connectivity index (χ3v) is 9.89. The molecule has 44 heavy (non-hydrogen) atoms. The standard InChI is InChI=1S/C38H41N3O3/c1-24-18-30(25(2)41(24)31-13-14-31)22-40-17-16-33-32(27-10-7-11-28(19-27)38(43)44-3)15-12-29(36(33)23-40)21-39-37(42)35-20-34(35)26-8-5-4-6-9-26/h4-12,15,18-19,31,34-35H,13-14,16-17,20-23H2,1-3H3,(H,39,42)/t34-,35-/m0/s1. The Balaban J connectivity index is 1.15. The second kappa shape index (κ2) is 11.7. The molecule has 2 saturated carbocycles. The van der Waals surface area contributed by atoms with E-state index < -0.39 is 0 Å². The van der Waals surface area contributed by atoms with Crippen LogP contribution in [-0.2, 0) is 35.6 Å². The van der Waals surface area contributed by atoms with Gasteiger partial charge in [-0.15, -0.1) is 0 Å². The van der Waals surface area contributed by atoms with E-state index in [1.807, 2.05) is 30.3 Å². The number of amides is 1. The Bertz CT molecular complexity index is 1720. The van der Waals surface area contributed by atoms with Crippen molar-refractivity contribution < 1.29 is 14.3 Å². The van der Waals surface area contributed by atoms with Gasteiger partial charge >= 0.3 is 5.97 Å². The van der Waals surface area contributed by atoms with Gasteiger partial charge in [0.15, 0.2) is 0 Å². The second-order valence-corrected chi connectivity index (χ2v) is 12.8. The highest BCUT2D eigenvalue weighted by molar-refractivity contribution is 5.91. The van der Waals surface area contributed by atoms with Gasteiger partial charge in [0.2, 0.25) is 5.91 Å². The maximum atomic E-state index is 13.2. The molecule has 2 aliphatic carbocycles. The third-order valence-electron chi connectivity index (χ3n) is 9.89. The number of hydrogen-bond donors (Lipinski definition) is 1. The maximum absolute atomic E-state index is 13.2. The second-order valence-electron chi connectivity index (χ2n) is 12.8. The van der Waals surface area contributed by atoms with Crippen LogP contribution in [0.3, 0.4) is 0 Å². The van der Waals surface area contributed by atoms with Crippen molar-refractivity contribution >= 4 is 11.9 Å². The lowest BCUT2D eigenvalue weighted by atomic mass is 9.87. The molecule has 3 aliphatic rings. The van der Waals surface area contributed by atoms with Crippen molar-refractivity contribution in [3.8, 4) is 11.1 Å². The van der Waals surface area contributed by atoms with Crippen LogP contribution in [0.1, 0.15) is 80.8 Å². The minimum Gasteiger partial charge on any atom is -0.465 e. The van der Waals surface area contributed by atoms with E-state index >= 15 is 0 Å². The fourth-order valence-electron chi connectivity index (χ4n) is 7.31. The van der Waals surface area contributed by atoms with Crippen molar-refractivity contribution in [2.24, 2.45) is 5.92 Å². The van der Waals surface area contributed by atoms with E-state index in [4.69, 9.17) is 4.74 Å². The summed E-state index contributed by atoms with van der Waals surface area (Å²) in [7, 11) is 1.42. The van der Waals surface area contributed by atoms with Gasteiger partial charge in [-0.25, -0.2) is 4.79 Å². The number of rotatable bonds is 9. The average molecular weight is 588 g/mol. The number of aryl methyl sites for hydroxylation is 1. The largest absolute Gasteiger partial charge is 0.465 e. The number of nitrogens with one attached hydrogen (secondary N) is 1. The summed E-state index contributed by atoms with van der Waals surface area (Å²) in [4.78, 5) is 28.1. The summed E-state index contributed by atoms with van der Waals surface area (Å²) in [6.07, 6.45) is 4.40. The minimum absolute atomic E-state index is 0.0479. The lowest BCUT2D eigenvalue weighted by Gasteiger charge is -2.32. The first-order valence-corrected chi connectivity index (χ1v) is 16.0. The van der Waals surface area contributed by atoms with Gasteiger partial charge in [-0.2, -0.15) is 0 Å². The summed E-state index contributed by atoms with van der Waals surface area (Å²) < 4.78 is 7.52. The van der Waals surface area contributed by atoms with Crippen LogP contribution in [-0.4, -0.2) is 35.0 Å². The minimum atomic E-state index is -0.330. The number of aromatic nitrogens is 1. The van der Waals surface area contributed by atoms with Crippen molar-refractivity contribution in [3.63, 3.8) is 0 Å². The van der Waals surface area contributed by atoms with Gasteiger partial charge in [-0.1, -0.05) is 54.6 Å². The first-order valence-electron chi connectivity index (χ1n) is 16.0. The van der Waals surface area contributed by atoms with Gasteiger partial charge < -0.3 is 14.6 Å². The SMILES string of the molecule is COC(=O)c1cccc(-c2ccc(CNC(=O)[C@H]3C[C@H]3c3ccccc3)c3c2CCN(Cc2cc(C)n(C4CC4)c2C)C3)c1. The van der Waals surface area contributed by atoms with Crippen molar-refractivity contribution in [3.05, 3.63) is 118 Å². The number of benzene rings is 3. The molecular formula is C38H41N3O3. The van der Waals surface area contributed by atoms with E-state index in [0.29, 0.717) is 24.1 Å². The number of carbonyl (C=O) groups is 2. The molecule has 226 valence electrons. The normalized spacial score (nSPS) is 19.3. The highest BCUT2D eigenvalue weighted by Gasteiger charge is 2.43. The zero-order chi connectivity index (χ0) is 30.4. The fourth-order valence-corrected chi connectivity index (χ4v) is 7.31. The monoisotopic (exact) mass is 587 g/mol. The van der Waals surface area contributed by atoms with Crippen molar-refractivity contribution in [1.29, 1.82) is 0 Å². The highest BCUT2D eigenvalue weighted by atomic mass is 16.5. The Hall–Kier alpha value is -4.16. The molecular weight excluding hydrogens is 546 g/mol. The molecule has 2 atom stereocenters. The Morgan fingerprint density at radius 1 is 0.932 bits per heavy atom. The summed E-state index contributed by atoms with van der Waals surface area (Å²) in [5.74, 6) is 0.179. The van der Waals surface area contributed by atoms with Crippen LogP contribution in [0.25, 0.3) is 11.1 Å². The lowest BCUT2D eigenvalue weighted by Crippen LogP contribution is -2.33. The Kier molecular flexibility index (Phi) is 7.63. The molecule has 4 aromatic rings. The molecule has 0 radical (unpaired) electrons. The van der Waals surface area contributed by atoms with Crippen LogP contribution in [0.15, 0.2) is 72.8 Å². The summed E-state index contributed by atoms with van der Waals surface area (Å²) in [6.45, 7) is 7.73. The van der Waals surface area contributed by atoms with Crippen LogP contribution in [0.5, 0.6) is 0 Å². The Morgan fingerprint density at radius 3 is 2.52 bits per heavy atom. The number of fused-ring (bicyclic) bond motifs is 1. The van der Waals surface area contributed by atoms with Gasteiger partial charge in [-0.05, 0) is 103 Å². The highest BCUT2D eigenvalue weighted by Crippen LogP contribution is 2.47. The van der Waals surface area contributed by atoms with Crippen LogP contribution in [0.4, 0.5) is 0 Å². The van der Waals surface area contributed by atoms with Crippen LogP contribution in [0, 0.1) is 19.8 Å². The molecule has 1 amide bonds. The van der Waals surface area contributed by atoms with Gasteiger partial charge in [0, 0.05) is 49.5 Å². The van der Waals surface area contributed by atoms with E-state index in [-0.39, 0.29) is 17.8 Å². The summed E-state index contributed by atoms with van der Waals surface area (Å²) >= 11 is 0. The van der Waals surface area contributed by atoms with Crippen LogP contribution < -0.4 is 5.32 Å². The summed E-state index contributed by atoms with van der Waals surface area (Å²) in [5.41, 5.74) is 11.9. The summed E-state index contributed by atoms with van der Waals surface area (Å²) in [6, 6.07) is 25.5. The number of esters is 1. The molecule has 0 bridgehead atoms. The summed E-state index contributed by atoms with van der Waals surface area (Å²) in [5, 5.41) is 3.28. The van der Waals surface area contributed by atoms with Crippen molar-refractivity contribution in [2.75, 3.05) is 13.7 Å². The molecule has 2 heterocycles. The molecule has 3 aromatic carbocycles. The van der Waals surface area contributed by atoms with E-state index in [1.165, 1.54) is 59.2 Å². The zero-order valence-electron chi connectivity index (χ0n) is 25.9. The number of carbonyl (C=O) groups excluding carboxylic acids is 2. The predicted molar refractivity (Wildman–Crippen MR) is 172 cm³/mol. The Labute approximate surface area is 260 Å². The predicted octanol–water partition coefficient (Wildman–Crippen LogP) is 6.87. The topological polar surface area (TPSA) is 63.6 Å². The van der Waals surface area contributed by atoms with Crippen LogP contribution in [0.2, 0.25) is 0 Å². The molecule has 1 aliphatic heterocycles. The smallest absolute Gasteiger partial charge is 0.337 e. The fraction of sp³-hybridized carbons (Fsp3) is 0.368. The first kappa shape index (κ1) is 28.6. The molecule has 0 unspecified atom stereocenters. The third kappa shape index (κ3) is 5.59. The van der Waals surface area contributed by atoms with Crippen molar-refractivity contribution in [1.82, 2.24) is 14.8 Å². The van der Waals surface area contributed by atoms with Gasteiger partial charge in [0.1, 0.15) is 0 Å². The van der Waals surface area contributed by atoms with Gasteiger partial charge in [0.05, 0.1) is 12.7 Å². The molecule has 6 heteroatoms. The number of methoxy groups -OCH3 is 1. The number of nitrogens with zero attached hydrogens (tertiary/aromatic N) is 2. The molecule has 2 fully saturated rings. The molecule has 6 nitrogen and oxygen atoms in total. The number of hydrogen-bond acceptors (Lipinski definition) is 4. The first-order chi connectivity index (χ1) is 21.4. The zero-order valence-corrected chi connectivity index (χ0v) is 25.9. The average Bonchev–Trinajstić information content (AvgIpc) is 3.99. The lowest BCUT2D eigenvalue weighted by molar-refractivity contribution is -0.122. The molecule has 0 spiro atoms. The Morgan fingerprint density at radius 2 is 1.75 bits per heavy atom. The molecule has 1 N–H and O–H groups in total. The van der Waals surface area contributed by atoms with E-state index in [0.717, 1.165) is 43.6 Å². The molecule has 1 aromatic heterocycles. The van der Waals surface area contributed by atoms with E-state index in [1.54, 1.807) is 6.07 Å². The maximum Gasteiger partial charge on any atom is 0.337 e. The quantitative estimate of drug-likeness (QED) is 0.217. The van der Waals surface area contributed by atoms with E-state index in [2.05, 4.69) is 65.0 Å². The molecule has 0 saturated heterocycles.